The molecule has 0 radical (unpaired) electrons. The predicted octanol–water partition coefficient (Wildman–Crippen LogP) is 2.04. The molecule has 0 amide bonds. The topological polar surface area (TPSA) is 48.2 Å². The van der Waals surface area contributed by atoms with Crippen molar-refractivity contribution in [3.05, 3.63) is 35.9 Å². The average Bonchev–Trinajstić information content (AvgIpc) is 2.96. The number of rotatable bonds is 2. The molecule has 0 saturated carbocycles. The second kappa shape index (κ2) is 3.91. The Bertz CT molecular complexity index is 381. The maximum absolute atomic E-state index is 11.7. The van der Waals surface area contributed by atoms with Crippen LogP contribution in [-0.2, 0) is 9.53 Å². The molecule has 2 atom stereocenters. The standard InChI is InChI=1S/C13H17NO2/c1-13(2,3)16-12(15)11-10(14-11)9-7-5-4-6-8-9/h4-8,10-11,14H,1-3H3/t10-,11+/m0/s1. The van der Waals surface area contributed by atoms with Gasteiger partial charge in [-0.25, -0.2) is 0 Å². The van der Waals surface area contributed by atoms with Crippen molar-refractivity contribution in [3.8, 4) is 0 Å². The van der Waals surface area contributed by atoms with E-state index in [1.165, 1.54) is 0 Å². The Morgan fingerprint density at radius 2 is 1.88 bits per heavy atom. The van der Waals surface area contributed by atoms with Crippen LogP contribution in [0, 0.1) is 0 Å². The van der Waals surface area contributed by atoms with Gasteiger partial charge in [0.05, 0.1) is 6.04 Å². The van der Waals surface area contributed by atoms with Crippen LogP contribution in [0.25, 0.3) is 0 Å². The number of nitrogens with one attached hydrogen (secondary N) is 1. The van der Waals surface area contributed by atoms with Gasteiger partial charge >= 0.3 is 5.97 Å². The van der Waals surface area contributed by atoms with Crippen molar-refractivity contribution >= 4 is 5.97 Å². The van der Waals surface area contributed by atoms with Crippen molar-refractivity contribution in [2.45, 2.75) is 38.5 Å². The van der Waals surface area contributed by atoms with Crippen molar-refractivity contribution in [2.24, 2.45) is 0 Å². The quantitative estimate of drug-likeness (QED) is 0.611. The molecule has 1 aliphatic rings. The Kier molecular flexibility index (Phi) is 2.72. The van der Waals surface area contributed by atoms with E-state index in [4.69, 9.17) is 4.74 Å². The van der Waals surface area contributed by atoms with Crippen molar-refractivity contribution in [1.82, 2.24) is 5.32 Å². The Morgan fingerprint density at radius 1 is 1.25 bits per heavy atom. The summed E-state index contributed by atoms with van der Waals surface area (Å²) < 4.78 is 5.31. The van der Waals surface area contributed by atoms with Crippen molar-refractivity contribution in [2.75, 3.05) is 0 Å². The highest BCUT2D eigenvalue weighted by Gasteiger charge is 2.45. The number of hydrogen-bond donors (Lipinski definition) is 1. The van der Waals surface area contributed by atoms with Crippen LogP contribution in [0.3, 0.4) is 0 Å². The highest BCUT2D eigenvalue weighted by atomic mass is 16.6. The second-order valence-electron chi connectivity index (χ2n) is 5.07. The molecule has 0 aromatic heterocycles. The fraction of sp³-hybridized carbons (Fsp3) is 0.462. The van der Waals surface area contributed by atoms with Gasteiger partial charge in [0.2, 0.25) is 0 Å². The van der Waals surface area contributed by atoms with Gasteiger partial charge in [0.25, 0.3) is 0 Å². The van der Waals surface area contributed by atoms with Crippen molar-refractivity contribution in [3.63, 3.8) is 0 Å². The molecule has 3 heteroatoms. The summed E-state index contributed by atoms with van der Waals surface area (Å²) in [5.41, 5.74) is 0.723. The number of hydrogen-bond acceptors (Lipinski definition) is 3. The van der Waals surface area contributed by atoms with E-state index >= 15 is 0 Å². The first kappa shape index (κ1) is 11.1. The third-order valence-electron chi connectivity index (χ3n) is 2.40. The first-order valence-electron chi connectivity index (χ1n) is 5.51. The summed E-state index contributed by atoms with van der Waals surface area (Å²) in [5, 5.41) is 3.13. The molecule has 1 aliphatic heterocycles. The van der Waals surface area contributed by atoms with Crippen LogP contribution in [0.1, 0.15) is 32.4 Å². The predicted molar refractivity (Wildman–Crippen MR) is 62.0 cm³/mol. The van der Waals surface area contributed by atoms with Gasteiger partial charge in [0.15, 0.2) is 0 Å². The van der Waals surface area contributed by atoms with Gasteiger partial charge in [-0.1, -0.05) is 30.3 Å². The van der Waals surface area contributed by atoms with Gasteiger partial charge in [0.1, 0.15) is 11.6 Å². The number of ether oxygens (including phenoxy) is 1. The van der Waals surface area contributed by atoms with E-state index in [0.29, 0.717) is 0 Å². The third-order valence-corrected chi connectivity index (χ3v) is 2.40. The Morgan fingerprint density at radius 3 is 2.44 bits per heavy atom. The zero-order chi connectivity index (χ0) is 11.8. The summed E-state index contributed by atoms with van der Waals surface area (Å²) in [4.78, 5) is 11.7. The molecule has 3 nitrogen and oxygen atoms in total. The highest BCUT2D eigenvalue weighted by Crippen LogP contribution is 2.31. The average molecular weight is 219 g/mol. The molecule has 1 saturated heterocycles. The lowest BCUT2D eigenvalue weighted by Crippen LogP contribution is -2.27. The first-order chi connectivity index (χ1) is 7.47. The van der Waals surface area contributed by atoms with Gasteiger partial charge in [-0.3, -0.25) is 10.1 Å². The summed E-state index contributed by atoms with van der Waals surface area (Å²) in [6.07, 6.45) is 0. The number of carbonyl (C=O) groups is 1. The first-order valence-corrected chi connectivity index (χ1v) is 5.51. The van der Waals surface area contributed by atoms with E-state index in [9.17, 15) is 4.79 Å². The Labute approximate surface area is 95.8 Å². The molecular formula is C13H17NO2. The minimum Gasteiger partial charge on any atom is -0.459 e. The summed E-state index contributed by atoms with van der Waals surface area (Å²) in [7, 11) is 0. The molecule has 16 heavy (non-hydrogen) atoms. The summed E-state index contributed by atoms with van der Waals surface area (Å²) >= 11 is 0. The minimum absolute atomic E-state index is 0.121. The lowest BCUT2D eigenvalue weighted by molar-refractivity contribution is -0.154. The van der Waals surface area contributed by atoms with Crippen molar-refractivity contribution < 1.29 is 9.53 Å². The molecule has 1 heterocycles. The molecule has 0 spiro atoms. The fourth-order valence-electron chi connectivity index (χ4n) is 1.66. The summed E-state index contributed by atoms with van der Waals surface area (Å²) in [6.45, 7) is 5.64. The van der Waals surface area contributed by atoms with Gasteiger partial charge < -0.3 is 4.74 Å². The number of esters is 1. The molecule has 1 aromatic rings. The van der Waals surface area contributed by atoms with Gasteiger partial charge in [-0.15, -0.1) is 0 Å². The van der Waals surface area contributed by atoms with E-state index < -0.39 is 5.60 Å². The van der Waals surface area contributed by atoms with Crippen LogP contribution < -0.4 is 5.32 Å². The number of benzene rings is 1. The lowest BCUT2D eigenvalue weighted by Gasteiger charge is -2.19. The van der Waals surface area contributed by atoms with Crippen LogP contribution in [-0.4, -0.2) is 17.6 Å². The second-order valence-corrected chi connectivity index (χ2v) is 5.07. The van der Waals surface area contributed by atoms with Crippen LogP contribution in [0.4, 0.5) is 0 Å². The van der Waals surface area contributed by atoms with E-state index in [1.54, 1.807) is 0 Å². The van der Waals surface area contributed by atoms with Crippen LogP contribution >= 0.6 is 0 Å². The van der Waals surface area contributed by atoms with E-state index in [2.05, 4.69) is 5.32 Å². The minimum atomic E-state index is -0.414. The SMILES string of the molecule is CC(C)(C)OC(=O)[C@@H]1N[C@H]1c1ccccc1. The molecule has 1 fully saturated rings. The van der Waals surface area contributed by atoms with Gasteiger partial charge in [-0.2, -0.15) is 0 Å². The smallest absolute Gasteiger partial charge is 0.325 e. The van der Waals surface area contributed by atoms with E-state index in [-0.39, 0.29) is 18.1 Å². The number of carbonyl (C=O) groups excluding carboxylic acids is 1. The summed E-state index contributed by atoms with van der Waals surface area (Å²) in [5.74, 6) is -0.165. The van der Waals surface area contributed by atoms with Crippen LogP contribution in [0.2, 0.25) is 0 Å². The van der Waals surface area contributed by atoms with Crippen LogP contribution in [0.15, 0.2) is 30.3 Å². The fourth-order valence-corrected chi connectivity index (χ4v) is 1.66. The molecule has 86 valence electrons. The maximum atomic E-state index is 11.7. The zero-order valence-electron chi connectivity index (χ0n) is 9.86. The largest absolute Gasteiger partial charge is 0.459 e. The lowest BCUT2D eigenvalue weighted by atomic mass is 10.1. The monoisotopic (exact) mass is 219 g/mol. The molecule has 0 unspecified atom stereocenters. The molecule has 1 aromatic carbocycles. The van der Waals surface area contributed by atoms with E-state index in [1.807, 2.05) is 51.1 Å². The molecule has 0 bridgehead atoms. The van der Waals surface area contributed by atoms with Crippen LogP contribution in [0.5, 0.6) is 0 Å². The Hall–Kier alpha value is -1.35. The maximum Gasteiger partial charge on any atom is 0.325 e. The normalized spacial score (nSPS) is 23.9. The highest BCUT2D eigenvalue weighted by molar-refractivity contribution is 5.81. The zero-order valence-corrected chi connectivity index (χ0v) is 9.86. The molecule has 1 N–H and O–H groups in total. The van der Waals surface area contributed by atoms with E-state index in [0.717, 1.165) is 5.56 Å². The van der Waals surface area contributed by atoms with Crippen molar-refractivity contribution in [1.29, 1.82) is 0 Å². The Balaban J connectivity index is 1.95. The summed E-state index contributed by atoms with van der Waals surface area (Å²) in [6, 6.07) is 9.89. The molecule has 0 aliphatic carbocycles. The third kappa shape index (κ3) is 2.61. The van der Waals surface area contributed by atoms with Gasteiger partial charge in [-0.05, 0) is 26.3 Å². The molecule has 2 rings (SSSR count). The van der Waals surface area contributed by atoms with Gasteiger partial charge in [0, 0.05) is 0 Å². The molecular weight excluding hydrogens is 202 g/mol.